The van der Waals surface area contributed by atoms with Crippen molar-refractivity contribution in [3.8, 4) is 0 Å². The van der Waals surface area contributed by atoms with E-state index in [0.29, 0.717) is 31.9 Å². The van der Waals surface area contributed by atoms with Gasteiger partial charge in [-0.2, -0.15) is 0 Å². The van der Waals surface area contributed by atoms with E-state index in [1.807, 2.05) is 35.2 Å². The van der Waals surface area contributed by atoms with Crippen molar-refractivity contribution in [3.05, 3.63) is 65.9 Å². The third kappa shape index (κ3) is 4.04. The van der Waals surface area contributed by atoms with Crippen LogP contribution in [0.2, 0.25) is 0 Å². The highest BCUT2D eigenvalue weighted by atomic mass is 19.1. The zero-order valence-electron chi connectivity index (χ0n) is 16.5. The van der Waals surface area contributed by atoms with Crippen molar-refractivity contribution in [3.63, 3.8) is 0 Å². The highest BCUT2D eigenvalue weighted by Gasteiger charge is 2.28. The molecule has 1 unspecified atom stereocenters. The molecule has 2 N–H and O–H groups in total. The Bertz CT molecular complexity index is 1060. The first-order valence-corrected chi connectivity index (χ1v) is 9.79. The van der Waals surface area contributed by atoms with Gasteiger partial charge in [0.2, 0.25) is 5.91 Å². The molecule has 1 aromatic heterocycles. The molecule has 6 nitrogen and oxygen atoms in total. The van der Waals surface area contributed by atoms with Gasteiger partial charge in [0.25, 0.3) is 5.91 Å². The van der Waals surface area contributed by atoms with Crippen LogP contribution in [0.15, 0.2) is 48.5 Å². The highest BCUT2D eigenvalue weighted by molar-refractivity contribution is 5.98. The van der Waals surface area contributed by atoms with Gasteiger partial charge in [0.15, 0.2) is 0 Å². The SMILES string of the molecule is CC(C(=O)Nc1cc(F)ccc1F)N1CCN(C(=O)c2cc3ccccc3[nH]2)CC1. The van der Waals surface area contributed by atoms with Crippen molar-refractivity contribution >= 4 is 28.4 Å². The number of carbonyl (C=O) groups excluding carboxylic acids is 2. The number of carbonyl (C=O) groups is 2. The van der Waals surface area contributed by atoms with Gasteiger partial charge < -0.3 is 15.2 Å². The number of H-pyrrole nitrogens is 1. The quantitative estimate of drug-likeness (QED) is 0.691. The molecule has 1 aliphatic heterocycles. The normalized spacial score (nSPS) is 15.9. The average molecular weight is 412 g/mol. The topological polar surface area (TPSA) is 68.4 Å². The van der Waals surface area contributed by atoms with E-state index in [9.17, 15) is 18.4 Å². The lowest BCUT2D eigenvalue weighted by Gasteiger charge is -2.37. The molecule has 3 aromatic rings. The van der Waals surface area contributed by atoms with Crippen LogP contribution in [0.3, 0.4) is 0 Å². The summed E-state index contributed by atoms with van der Waals surface area (Å²) in [7, 11) is 0. The third-order valence-electron chi connectivity index (χ3n) is 5.48. The number of para-hydroxylation sites is 1. The van der Waals surface area contributed by atoms with Gasteiger partial charge >= 0.3 is 0 Å². The van der Waals surface area contributed by atoms with Gasteiger partial charge in [-0.15, -0.1) is 0 Å². The second-order valence-corrected chi connectivity index (χ2v) is 7.39. The van der Waals surface area contributed by atoms with Crippen LogP contribution in [0.5, 0.6) is 0 Å². The molecule has 0 aliphatic carbocycles. The second kappa shape index (κ2) is 8.23. The number of nitrogens with zero attached hydrogens (tertiary/aromatic N) is 2. The molecule has 2 amide bonds. The van der Waals surface area contributed by atoms with Crippen LogP contribution in [-0.2, 0) is 4.79 Å². The van der Waals surface area contributed by atoms with Crippen LogP contribution in [0.1, 0.15) is 17.4 Å². The third-order valence-corrected chi connectivity index (χ3v) is 5.48. The summed E-state index contributed by atoms with van der Waals surface area (Å²) in [6, 6.07) is 11.9. The molecule has 0 radical (unpaired) electrons. The number of aromatic amines is 1. The number of fused-ring (bicyclic) bond motifs is 1. The fraction of sp³-hybridized carbons (Fsp3) is 0.273. The minimum absolute atomic E-state index is 0.0789. The first-order valence-electron chi connectivity index (χ1n) is 9.79. The van der Waals surface area contributed by atoms with Crippen molar-refractivity contribution in [2.45, 2.75) is 13.0 Å². The van der Waals surface area contributed by atoms with E-state index in [2.05, 4.69) is 10.3 Å². The monoisotopic (exact) mass is 412 g/mol. The Morgan fingerprint density at radius 3 is 2.50 bits per heavy atom. The lowest BCUT2D eigenvalue weighted by atomic mass is 10.2. The van der Waals surface area contributed by atoms with Crippen LogP contribution in [-0.4, -0.2) is 58.8 Å². The van der Waals surface area contributed by atoms with E-state index in [4.69, 9.17) is 0 Å². The smallest absolute Gasteiger partial charge is 0.270 e. The molecule has 1 saturated heterocycles. The van der Waals surface area contributed by atoms with Crippen molar-refractivity contribution in [1.82, 2.24) is 14.8 Å². The van der Waals surface area contributed by atoms with Gasteiger partial charge in [-0.25, -0.2) is 8.78 Å². The Hall–Kier alpha value is -3.26. The van der Waals surface area contributed by atoms with Crippen molar-refractivity contribution in [2.24, 2.45) is 0 Å². The van der Waals surface area contributed by atoms with E-state index >= 15 is 0 Å². The fourth-order valence-electron chi connectivity index (χ4n) is 3.67. The number of anilines is 1. The molecule has 0 saturated carbocycles. The van der Waals surface area contributed by atoms with Crippen LogP contribution in [0, 0.1) is 11.6 Å². The lowest BCUT2D eigenvalue weighted by molar-refractivity contribution is -0.121. The molecule has 2 aromatic carbocycles. The zero-order chi connectivity index (χ0) is 21.3. The van der Waals surface area contributed by atoms with Crippen molar-refractivity contribution in [2.75, 3.05) is 31.5 Å². The molecular formula is C22H22F2N4O2. The van der Waals surface area contributed by atoms with E-state index < -0.39 is 23.6 Å². The number of hydrogen-bond donors (Lipinski definition) is 2. The summed E-state index contributed by atoms with van der Waals surface area (Å²) >= 11 is 0. The van der Waals surface area contributed by atoms with E-state index in [1.165, 1.54) is 0 Å². The molecule has 2 heterocycles. The predicted molar refractivity (Wildman–Crippen MR) is 110 cm³/mol. The van der Waals surface area contributed by atoms with Crippen LogP contribution >= 0.6 is 0 Å². The Morgan fingerprint density at radius 2 is 1.77 bits per heavy atom. The van der Waals surface area contributed by atoms with Gasteiger partial charge in [0.05, 0.1) is 11.7 Å². The summed E-state index contributed by atoms with van der Waals surface area (Å²) < 4.78 is 27.1. The second-order valence-electron chi connectivity index (χ2n) is 7.39. The molecule has 4 rings (SSSR count). The Kier molecular flexibility index (Phi) is 5.50. The van der Waals surface area contributed by atoms with E-state index in [1.54, 1.807) is 11.8 Å². The lowest BCUT2D eigenvalue weighted by Crippen LogP contribution is -2.54. The maximum Gasteiger partial charge on any atom is 0.270 e. The van der Waals surface area contributed by atoms with Crippen molar-refractivity contribution in [1.29, 1.82) is 0 Å². The standard InChI is InChI=1S/C22H22F2N4O2/c1-14(21(29)26-19-13-16(23)6-7-17(19)24)27-8-10-28(11-9-27)22(30)20-12-15-4-2-3-5-18(15)25-20/h2-7,12-14,25H,8-11H2,1H3,(H,26,29). The number of hydrogen-bond acceptors (Lipinski definition) is 3. The van der Waals surface area contributed by atoms with Crippen LogP contribution in [0.25, 0.3) is 10.9 Å². The van der Waals surface area contributed by atoms with Gasteiger partial charge in [0, 0.05) is 43.1 Å². The van der Waals surface area contributed by atoms with Gasteiger partial charge in [-0.1, -0.05) is 18.2 Å². The molecular weight excluding hydrogens is 390 g/mol. The maximum absolute atomic E-state index is 13.8. The summed E-state index contributed by atoms with van der Waals surface area (Å²) in [6.45, 7) is 3.67. The Balaban J connectivity index is 1.35. The number of benzene rings is 2. The minimum atomic E-state index is -0.689. The minimum Gasteiger partial charge on any atom is -0.351 e. The summed E-state index contributed by atoms with van der Waals surface area (Å²) in [5.74, 6) is -1.81. The molecule has 156 valence electrons. The first kappa shape index (κ1) is 20.0. The molecule has 1 aliphatic rings. The number of nitrogens with one attached hydrogen (secondary N) is 2. The number of piperazine rings is 1. The van der Waals surface area contributed by atoms with Gasteiger partial charge in [-0.3, -0.25) is 14.5 Å². The molecule has 1 fully saturated rings. The Labute approximate surface area is 172 Å². The molecule has 0 bridgehead atoms. The van der Waals surface area contributed by atoms with Crippen molar-refractivity contribution < 1.29 is 18.4 Å². The number of amides is 2. The van der Waals surface area contributed by atoms with E-state index in [-0.39, 0.29) is 11.6 Å². The first-order chi connectivity index (χ1) is 14.4. The summed E-state index contributed by atoms with van der Waals surface area (Å²) in [4.78, 5) is 32.1. The summed E-state index contributed by atoms with van der Waals surface area (Å²) in [5.41, 5.74) is 1.27. The Morgan fingerprint density at radius 1 is 1.03 bits per heavy atom. The highest BCUT2D eigenvalue weighted by Crippen LogP contribution is 2.19. The molecule has 1 atom stereocenters. The molecule has 8 heteroatoms. The summed E-state index contributed by atoms with van der Waals surface area (Å²) in [6.07, 6.45) is 0. The maximum atomic E-state index is 13.8. The number of rotatable bonds is 4. The number of aromatic nitrogens is 1. The molecule has 0 spiro atoms. The zero-order valence-corrected chi connectivity index (χ0v) is 16.5. The predicted octanol–water partition coefficient (Wildman–Crippen LogP) is 3.23. The van der Waals surface area contributed by atoms with Gasteiger partial charge in [-0.05, 0) is 31.2 Å². The van der Waals surface area contributed by atoms with Crippen LogP contribution in [0.4, 0.5) is 14.5 Å². The largest absolute Gasteiger partial charge is 0.351 e. The average Bonchev–Trinajstić information content (AvgIpc) is 3.19. The molecule has 30 heavy (non-hydrogen) atoms. The van der Waals surface area contributed by atoms with Gasteiger partial charge in [0.1, 0.15) is 17.3 Å². The number of halogens is 2. The summed E-state index contributed by atoms with van der Waals surface area (Å²) in [5, 5.41) is 3.42. The fourth-order valence-corrected chi connectivity index (χ4v) is 3.67. The van der Waals surface area contributed by atoms with Crippen LogP contribution < -0.4 is 5.32 Å². The van der Waals surface area contributed by atoms with E-state index in [0.717, 1.165) is 29.1 Å².